The third-order valence-electron chi connectivity index (χ3n) is 2.13. The van der Waals surface area contributed by atoms with Gasteiger partial charge >= 0.3 is 0 Å². The van der Waals surface area contributed by atoms with Gasteiger partial charge in [-0.2, -0.15) is 0 Å². The highest BCUT2D eigenvalue weighted by atomic mass is 32.2. The van der Waals surface area contributed by atoms with Crippen molar-refractivity contribution >= 4 is 17.7 Å². The fourth-order valence-electron chi connectivity index (χ4n) is 1.40. The third-order valence-corrected chi connectivity index (χ3v) is 3.30. The van der Waals surface area contributed by atoms with Crippen molar-refractivity contribution in [2.24, 2.45) is 0 Å². The van der Waals surface area contributed by atoms with Gasteiger partial charge in [-0.3, -0.25) is 4.79 Å². The number of hydrogen-bond acceptors (Lipinski definition) is 3. The van der Waals surface area contributed by atoms with E-state index in [-0.39, 0.29) is 12.0 Å². The molecule has 0 spiro atoms. The summed E-state index contributed by atoms with van der Waals surface area (Å²) in [5.41, 5.74) is 1.10. The van der Waals surface area contributed by atoms with E-state index in [0.29, 0.717) is 12.3 Å². The van der Waals surface area contributed by atoms with Crippen LogP contribution in [-0.2, 0) is 9.53 Å². The number of ether oxygens (including phenoxy) is 1. The largest absolute Gasteiger partial charge is 0.376 e. The zero-order valence-corrected chi connectivity index (χ0v) is 10.1. The highest BCUT2D eigenvalue weighted by Gasteiger charge is 2.15. The number of hydrogen-bond donors (Lipinski definition) is 1. The quantitative estimate of drug-likeness (QED) is 0.703. The summed E-state index contributed by atoms with van der Waals surface area (Å²) < 4.78 is 5.41. The molecule has 0 aromatic carbocycles. The highest BCUT2D eigenvalue weighted by molar-refractivity contribution is 8.00. The molecule has 0 radical (unpaired) electrons. The Morgan fingerprint density at radius 1 is 1.60 bits per heavy atom. The Kier molecular flexibility index (Phi) is 5.79. The standard InChI is InChI=1S/C11H19NO2S/c1-9(2)7-15-8-11(13)12-6-10-4-3-5-14-10/h10H,1,3-8H2,2H3,(H,12,13). The first kappa shape index (κ1) is 12.6. The molecule has 1 heterocycles. The van der Waals surface area contributed by atoms with Crippen LogP contribution in [0.15, 0.2) is 12.2 Å². The van der Waals surface area contributed by atoms with Crippen molar-refractivity contribution in [3.05, 3.63) is 12.2 Å². The summed E-state index contributed by atoms with van der Waals surface area (Å²) >= 11 is 1.60. The molecule has 1 fully saturated rings. The maximum absolute atomic E-state index is 11.4. The van der Waals surface area contributed by atoms with Crippen molar-refractivity contribution in [3.8, 4) is 0 Å². The van der Waals surface area contributed by atoms with Gasteiger partial charge < -0.3 is 10.1 Å². The molecule has 0 aromatic rings. The Morgan fingerprint density at radius 3 is 3.00 bits per heavy atom. The molecular weight excluding hydrogens is 210 g/mol. The molecule has 1 unspecified atom stereocenters. The lowest BCUT2D eigenvalue weighted by molar-refractivity contribution is -0.119. The number of carbonyl (C=O) groups excluding carboxylic acids is 1. The molecule has 0 aromatic heterocycles. The van der Waals surface area contributed by atoms with E-state index in [1.807, 2.05) is 6.92 Å². The van der Waals surface area contributed by atoms with E-state index in [1.165, 1.54) is 0 Å². The van der Waals surface area contributed by atoms with Gasteiger partial charge in [0.05, 0.1) is 11.9 Å². The van der Waals surface area contributed by atoms with Gasteiger partial charge in [-0.1, -0.05) is 12.2 Å². The Hall–Kier alpha value is -0.480. The molecule has 15 heavy (non-hydrogen) atoms. The van der Waals surface area contributed by atoms with Gasteiger partial charge in [0, 0.05) is 18.9 Å². The summed E-state index contributed by atoms with van der Waals surface area (Å²) in [5.74, 6) is 1.46. The van der Waals surface area contributed by atoms with Crippen LogP contribution >= 0.6 is 11.8 Å². The first-order valence-electron chi connectivity index (χ1n) is 5.29. The van der Waals surface area contributed by atoms with Crippen molar-refractivity contribution in [3.63, 3.8) is 0 Å². The SMILES string of the molecule is C=C(C)CSCC(=O)NCC1CCCO1. The first-order chi connectivity index (χ1) is 7.18. The lowest BCUT2D eigenvalue weighted by Crippen LogP contribution is -2.32. The molecule has 4 heteroatoms. The van der Waals surface area contributed by atoms with E-state index in [1.54, 1.807) is 11.8 Å². The molecule has 0 saturated carbocycles. The lowest BCUT2D eigenvalue weighted by atomic mass is 10.2. The van der Waals surface area contributed by atoms with E-state index in [4.69, 9.17) is 4.74 Å². The molecule has 1 aliphatic rings. The fourth-order valence-corrected chi connectivity index (χ4v) is 2.14. The fraction of sp³-hybridized carbons (Fsp3) is 0.727. The molecule has 0 bridgehead atoms. The van der Waals surface area contributed by atoms with E-state index in [0.717, 1.165) is 30.8 Å². The molecular formula is C11H19NO2S. The zero-order chi connectivity index (χ0) is 11.1. The maximum atomic E-state index is 11.4. The Bertz CT molecular complexity index is 225. The molecule has 0 aliphatic carbocycles. The summed E-state index contributed by atoms with van der Waals surface area (Å²) in [6, 6.07) is 0. The van der Waals surface area contributed by atoms with Gasteiger partial charge in [-0.25, -0.2) is 0 Å². The van der Waals surface area contributed by atoms with Crippen LogP contribution < -0.4 is 5.32 Å². The average molecular weight is 229 g/mol. The molecule has 1 rings (SSSR count). The molecule has 1 atom stereocenters. The van der Waals surface area contributed by atoms with Crippen LogP contribution in [-0.4, -0.2) is 36.7 Å². The van der Waals surface area contributed by atoms with Crippen molar-refractivity contribution in [1.82, 2.24) is 5.32 Å². The van der Waals surface area contributed by atoms with E-state index < -0.39 is 0 Å². The van der Waals surface area contributed by atoms with Gasteiger partial charge in [0.25, 0.3) is 0 Å². The van der Waals surface area contributed by atoms with Crippen molar-refractivity contribution < 1.29 is 9.53 Å². The van der Waals surface area contributed by atoms with Crippen LogP contribution in [0.3, 0.4) is 0 Å². The third kappa shape index (κ3) is 5.85. The Labute approximate surface area is 95.6 Å². The van der Waals surface area contributed by atoms with Crippen LogP contribution in [0.25, 0.3) is 0 Å². The van der Waals surface area contributed by atoms with Crippen molar-refractivity contribution in [2.45, 2.75) is 25.9 Å². The van der Waals surface area contributed by atoms with E-state index in [2.05, 4.69) is 11.9 Å². The van der Waals surface area contributed by atoms with Gasteiger partial charge in [0.15, 0.2) is 0 Å². The molecule has 1 N–H and O–H groups in total. The smallest absolute Gasteiger partial charge is 0.230 e. The molecule has 86 valence electrons. The second-order valence-corrected chi connectivity index (χ2v) is 4.87. The van der Waals surface area contributed by atoms with Gasteiger partial charge in [-0.05, 0) is 19.8 Å². The zero-order valence-electron chi connectivity index (χ0n) is 9.25. The summed E-state index contributed by atoms with van der Waals surface area (Å²) in [6.07, 6.45) is 2.42. The van der Waals surface area contributed by atoms with Crippen molar-refractivity contribution in [2.75, 3.05) is 24.7 Å². The monoisotopic (exact) mass is 229 g/mol. The van der Waals surface area contributed by atoms with E-state index >= 15 is 0 Å². The van der Waals surface area contributed by atoms with Gasteiger partial charge in [0.2, 0.25) is 5.91 Å². The molecule has 1 amide bonds. The Morgan fingerprint density at radius 2 is 2.40 bits per heavy atom. The summed E-state index contributed by atoms with van der Waals surface area (Å²) in [6.45, 7) is 7.26. The number of amides is 1. The van der Waals surface area contributed by atoms with Crippen LogP contribution in [0.1, 0.15) is 19.8 Å². The van der Waals surface area contributed by atoms with Crippen molar-refractivity contribution in [1.29, 1.82) is 0 Å². The summed E-state index contributed by atoms with van der Waals surface area (Å²) in [7, 11) is 0. The minimum Gasteiger partial charge on any atom is -0.376 e. The molecule has 3 nitrogen and oxygen atoms in total. The number of nitrogens with one attached hydrogen (secondary N) is 1. The summed E-state index contributed by atoms with van der Waals surface area (Å²) in [5, 5.41) is 2.88. The number of carbonyl (C=O) groups is 1. The number of rotatable bonds is 6. The normalized spacial score (nSPS) is 20.2. The minimum atomic E-state index is 0.0942. The predicted octanol–water partition coefficient (Wildman–Crippen LogP) is 1.59. The Balaban J connectivity index is 2.00. The molecule has 1 saturated heterocycles. The average Bonchev–Trinajstić information content (AvgIpc) is 2.66. The second-order valence-electron chi connectivity index (χ2n) is 3.89. The van der Waals surface area contributed by atoms with E-state index in [9.17, 15) is 4.79 Å². The van der Waals surface area contributed by atoms with Gasteiger partial charge in [0.1, 0.15) is 0 Å². The maximum Gasteiger partial charge on any atom is 0.230 e. The van der Waals surface area contributed by atoms with Gasteiger partial charge in [-0.15, -0.1) is 11.8 Å². The first-order valence-corrected chi connectivity index (χ1v) is 6.44. The topological polar surface area (TPSA) is 38.3 Å². The highest BCUT2D eigenvalue weighted by Crippen LogP contribution is 2.10. The summed E-state index contributed by atoms with van der Waals surface area (Å²) in [4.78, 5) is 11.4. The molecule has 1 aliphatic heterocycles. The van der Waals surface area contributed by atoms with Crippen LogP contribution in [0.5, 0.6) is 0 Å². The second kappa shape index (κ2) is 6.90. The van der Waals surface area contributed by atoms with Crippen LogP contribution in [0.4, 0.5) is 0 Å². The minimum absolute atomic E-state index is 0.0942. The lowest BCUT2D eigenvalue weighted by Gasteiger charge is -2.10. The van der Waals surface area contributed by atoms with Crippen LogP contribution in [0.2, 0.25) is 0 Å². The van der Waals surface area contributed by atoms with Crippen LogP contribution in [0, 0.1) is 0 Å². The number of thioether (sulfide) groups is 1. The predicted molar refractivity (Wildman–Crippen MR) is 64.1 cm³/mol.